The summed E-state index contributed by atoms with van der Waals surface area (Å²) in [5, 5.41) is 20.6. The first-order valence-electron chi connectivity index (χ1n) is 6.82. The third kappa shape index (κ3) is 1.68. The van der Waals surface area contributed by atoms with E-state index in [2.05, 4.69) is 13.0 Å². The second-order valence-corrected chi connectivity index (χ2v) is 6.35. The Hall–Kier alpha value is -0.640. The molecule has 1 aliphatic heterocycles. The molecule has 1 saturated carbocycles. The molecule has 2 aliphatic carbocycles. The highest BCUT2D eigenvalue weighted by Gasteiger charge is 2.48. The lowest BCUT2D eigenvalue weighted by atomic mass is 9.78. The van der Waals surface area contributed by atoms with Gasteiger partial charge in [-0.1, -0.05) is 11.6 Å². The molecule has 3 aliphatic rings. The third-order valence-electron chi connectivity index (χ3n) is 5.16. The van der Waals surface area contributed by atoms with Crippen molar-refractivity contribution in [3.05, 3.63) is 22.8 Å². The molecule has 18 heavy (non-hydrogen) atoms. The number of hydrogen-bond acceptors (Lipinski definition) is 3. The maximum atomic E-state index is 10.7. The van der Waals surface area contributed by atoms with Gasteiger partial charge >= 0.3 is 0 Å². The quantitative estimate of drug-likeness (QED) is 0.648. The lowest BCUT2D eigenvalue weighted by Crippen LogP contribution is -2.38. The number of aliphatic hydroxyl groups excluding tert-OH is 1. The maximum absolute atomic E-state index is 10.7. The number of allylic oxidation sites excluding steroid dienone is 2. The third-order valence-corrected chi connectivity index (χ3v) is 5.16. The highest BCUT2D eigenvalue weighted by molar-refractivity contribution is 5.31. The van der Waals surface area contributed by atoms with Crippen LogP contribution >= 0.6 is 0 Å². The summed E-state index contributed by atoms with van der Waals surface area (Å²) in [5.41, 5.74) is 2.83. The van der Waals surface area contributed by atoms with Gasteiger partial charge in [0.15, 0.2) is 6.29 Å². The van der Waals surface area contributed by atoms with Crippen molar-refractivity contribution in [1.29, 1.82) is 0 Å². The van der Waals surface area contributed by atoms with Crippen molar-refractivity contribution in [2.24, 2.45) is 11.8 Å². The van der Waals surface area contributed by atoms with Gasteiger partial charge in [0.2, 0.25) is 0 Å². The van der Waals surface area contributed by atoms with E-state index in [-0.39, 0.29) is 6.10 Å². The Bertz CT molecular complexity index is 433. The molecule has 1 fully saturated rings. The van der Waals surface area contributed by atoms with Crippen LogP contribution in [0.25, 0.3) is 0 Å². The van der Waals surface area contributed by atoms with E-state index in [1.807, 2.05) is 13.8 Å². The molecule has 0 amide bonds. The van der Waals surface area contributed by atoms with Gasteiger partial charge in [0.25, 0.3) is 0 Å². The number of aliphatic hydroxyl groups is 2. The summed E-state index contributed by atoms with van der Waals surface area (Å²) in [7, 11) is 0. The Kier molecular flexibility index (Phi) is 2.70. The molecule has 1 heterocycles. The van der Waals surface area contributed by atoms with E-state index in [9.17, 15) is 10.2 Å². The molecule has 0 spiro atoms. The molecule has 3 heteroatoms. The van der Waals surface area contributed by atoms with Gasteiger partial charge < -0.3 is 14.9 Å². The van der Waals surface area contributed by atoms with Crippen LogP contribution in [0, 0.1) is 11.8 Å². The highest BCUT2D eigenvalue weighted by Crippen LogP contribution is 2.50. The second kappa shape index (κ2) is 3.92. The SMILES string of the molecule is CC1=CC[C@@H]2[C@H]1CC1=C(C)C(O)O[C@H]1C[C@@]2(C)O. The Morgan fingerprint density at radius 3 is 2.83 bits per heavy atom. The van der Waals surface area contributed by atoms with Gasteiger partial charge in [-0.15, -0.1) is 0 Å². The van der Waals surface area contributed by atoms with Crippen LogP contribution in [0.3, 0.4) is 0 Å². The van der Waals surface area contributed by atoms with Crippen LogP contribution in [-0.2, 0) is 4.74 Å². The van der Waals surface area contributed by atoms with E-state index < -0.39 is 11.9 Å². The summed E-state index contributed by atoms with van der Waals surface area (Å²) >= 11 is 0. The summed E-state index contributed by atoms with van der Waals surface area (Å²) in [6.07, 6.45) is 3.86. The fourth-order valence-electron chi connectivity index (χ4n) is 3.92. The molecule has 3 rings (SSSR count). The molecule has 0 bridgehead atoms. The highest BCUT2D eigenvalue weighted by atomic mass is 16.6. The monoisotopic (exact) mass is 250 g/mol. The summed E-state index contributed by atoms with van der Waals surface area (Å²) < 4.78 is 5.60. The summed E-state index contributed by atoms with van der Waals surface area (Å²) in [6.45, 7) is 6.02. The van der Waals surface area contributed by atoms with Gasteiger partial charge in [0.1, 0.15) is 0 Å². The van der Waals surface area contributed by atoms with Gasteiger partial charge in [-0.2, -0.15) is 0 Å². The van der Waals surface area contributed by atoms with E-state index in [0.717, 1.165) is 18.4 Å². The van der Waals surface area contributed by atoms with E-state index >= 15 is 0 Å². The van der Waals surface area contributed by atoms with E-state index in [0.29, 0.717) is 18.3 Å². The molecule has 3 nitrogen and oxygen atoms in total. The van der Waals surface area contributed by atoms with Gasteiger partial charge in [-0.05, 0) is 56.6 Å². The molecule has 0 aromatic heterocycles. The number of ether oxygens (including phenoxy) is 1. The number of fused-ring (bicyclic) bond motifs is 2. The first-order chi connectivity index (χ1) is 8.40. The zero-order chi connectivity index (χ0) is 13.1. The fraction of sp³-hybridized carbons (Fsp3) is 0.733. The normalized spacial score (nSPS) is 47.7. The van der Waals surface area contributed by atoms with Gasteiger partial charge in [-0.25, -0.2) is 0 Å². The molecule has 0 aromatic rings. The molecule has 0 aromatic carbocycles. The Labute approximate surface area is 108 Å². The van der Waals surface area contributed by atoms with Crippen molar-refractivity contribution < 1.29 is 14.9 Å². The predicted octanol–water partition coefficient (Wildman–Crippen LogP) is 2.15. The number of rotatable bonds is 0. The zero-order valence-electron chi connectivity index (χ0n) is 11.3. The molecule has 2 N–H and O–H groups in total. The topological polar surface area (TPSA) is 49.7 Å². The maximum Gasteiger partial charge on any atom is 0.177 e. The molecular weight excluding hydrogens is 228 g/mol. The Morgan fingerprint density at radius 1 is 1.39 bits per heavy atom. The fourth-order valence-corrected chi connectivity index (χ4v) is 3.92. The van der Waals surface area contributed by atoms with Crippen molar-refractivity contribution >= 4 is 0 Å². The van der Waals surface area contributed by atoms with Gasteiger partial charge in [0, 0.05) is 6.42 Å². The average molecular weight is 250 g/mol. The average Bonchev–Trinajstić information content (AvgIpc) is 2.72. The zero-order valence-corrected chi connectivity index (χ0v) is 11.3. The van der Waals surface area contributed by atoms with Crippen LogP contribution in [-0.4, -0.2) is 28.2 Å². The molecule has 5 atom stereocenters. The Balaban J connectivity index is 2.00. The van der Waals surface area contributed by atoms with Crippen molar-refractivity contribution in [1.82, 2.24) is 0 Å². The smallest absolute Gasteiger partial charge is 0.177 e. The van der Waals surface area contributed by atoms with Crippen LogP contribution < -0.4 is 0 Å². The lowest BCUT2D eigenvalue weighted by Gasteiger charge is -2.33. The van der Waals surface area contributed by atoms with Crippen molar-refractivity contribution in [3.63, 3.8) is 0 Å². The van der Waals surface area contributed by atoms with E-state index in [1.54, 1.807) is 0 Å². The minimum Gasteiger partial charge on any atom is -0.390 e. The first-order valence-corrected chi connectivity index (χ1v) is 6.82. The van der Waals surface area contributed by atoms with Crippen LogP contribution in [0.1, 0.15) is 40.0 Å². The lowest BCUT2D eigenvalue weighted by molar-refractivity contribution is -0.109. The molecular formula is C15H22O3. The Morgan fingerprint density at radius 2 is 2.11 bits per heavy atom. The molecule has 0 saturated heterocycles. The first kappa shape index (κ1) is 12.4. The van der Waals surface area contributed by atoms with Crippen LogP contribution in [0.15, 0.2) is 22.8 Å². The largest absolute Gasteiger partial charge is 0.390 e. The molecule has 1 unspecified atom stereocenters. The van der Waals surface area contributed by atoms with E-state index in [4.69, 9.17) is 4.74 Å². The van der Waals surface area contributed by atoms with E-state index in [1.165, 1.54) is 11.1 Å². The summed E-state index contributed by atoms with van der Waals surface area (Å²) in [5.74, 6) is 0.702. The minimum atomic E-state index is -0.775. The summed E-state index contributed by atoms with van der Waals surface area (Å²) in [6, 6.07) is 0. The van der Waals surface area contributed by atoms with Crippen molar-refractivity contribution in [3.8, 4) is 0 Å². The molecule has 0 radical (unpaired) electrons. The standard InChI is InChI=1S/C15H22O3/c1-8-4-5-12-10(8)6-11-9(2)14(16)18-13(11)7-15(12,3)17/h4,10,12-14,16-17H,5-7H2,1-3H3/t10-,12+,13-,14?,15+/m0/s1. The van der Waals surface area contributed by atoms with Crippen LogP contribution in [0.4, 0.5) is 0 Å². The number of hydrogen-bond donors (Lipinski definition) is 2. The van der Waals surface area contributed by atoms with Crippen molar-refractivity contribution in [2.75, 3.05) is 0 Å². The van der Waals surface area contributed by atoms with Gasteiger partial charge in [0.05, 0.1) is 11.7 Å². The summed E-state index contributed by atoms with van der Waals surface area (Å²) in [4.78, 5) is 0. The second-order valence-electron chi connectivity index (χ2n) is 6.35. The van der Waals surface area contributed by atoms with Gasteiger partial charge in [-0.3, -0.25) is 0 Å². The van der Waals surface area contributed by atoms with Crippen molar-refractivity contribution in [2.45, 2.75) is 58.0 Å². The minimum absolute atomic E-state index is 0.103. The molecule has 100 valence electrons. The predicted molar refractivity (Wildman–Crippen MR) is 68.8 cm³/mol. The van der Waals surface area contributed by atoms with Crippen LogP contribution in [0.2, 0.25) is 0 Å². The van der Waals surface area contributed by atoms with Crippen LogP contribution in [0.5, 0.6) is 0 Å².